The van der Waals surface area contributed by atoms with E-state index in [9.17, 15) is 4.79 Å². The van der Waals surface area contributed by atoms with Crippen LogP contribution >= 0.6 is 0 Å². The van der Waals surface area contributed by atoms with E-state index >= 15 is 0 Å². The Kier molecular flexibility index (Phi) is 5.35. The lowest BCUT2D eigenvalue weighted by Gasteiger charge is -2.24. The van der Waals surface area contributed by atoms with E-state index < -0.39 is 5.97 Å². The molecule has 1 aromatic heterocycles. The van der Waals surface area contributed by atoms with Crippen molar-refractivity contribution < 1.29 is 14.3 Å². The van der Waals surface area contributed by atoms with Crippen molar-refractivity contribution in [3.05, 3.63) is 11.5 Å². The minimum Gasteiger partial charge on any atom is -0.464 e. The zero-order chi connectivity index (χ0) is 14.6. The number of carbonyl (C=O) groups is 1. The summed E-state index contributed by atoms with van der Waals surface area (Å²) in [5, 5.41) is 0. The maximum atomic E-state index is 11.7. The summed E-state index contributed by atoms with van der Waals surface area (Å²) in [4.78, 5) is 15.9. The molecule has 108 valence electrons. The predicted molar refractivity (Wildman–Crippen MR) is 73.1 cm³/mol. The summed E-state index contributed by atoms with van der Waals surface area (Å²) in [6.45, 7) is 6.66. The third kappa shape index (κ3) is 3.07. The second-order valence-corrected chi connectivity index (χ2v) is 4.74. The Morgan fingerprint density at radius 3 is 2.47 bits per heavy atom. The van der Waals surface area contributed by atoms with Gasteiger partial charge in [0.25, 0.3) is 0 Å². The molecule has 6 heteroatoms. The Hall–Kier alpha value is -1.56. The fourth-order valence-corrected chi connectivity index (χ4v) is 2.10. The number of carbonyl (C=O) groups excluding carboxylic acids is 1. The van der Waals surface area contributed by atoms with Gasteiger partial charge in [0.1, 0.15) is 11.6 Å². The molecule has 0 amide bonds. The number of methoxy groups -OCH3 is 2. The highest BCUT2D eigenvalue weighted by molar-refractivity contribution is 5.92. The van der Waals surface area contributed by atoms with Crippen LogP contribution < -0.4 is 5.73 Å². The molecule has 1 rings (SSSR count). The van der Waals surface area contributed by atoms with Crippen LogP contribution in [0.2, 0.25) is 0 Å². The molecular weight excluding hydrogens is 246 g/mol. The van der Waals surface area contributed by atoms with Gasteiger partial charge in [-0.15, -0.1) is 0 Å². The molecule has 0 aliphatic carbocycles. The molecule has 0 aliphatic rings. The largest absolute Gasteiger partial charge is 0.464 e. The Morgan fingerprint density at radius 1 is 1.42 bits per heavy atom. The first-order valence-electron chi connectivity index (χ1n) is 6.41. The Bertz CT molecular complexity index is 441. The van der Waals surface area contributed by atoms with Crippen molar-refractivity contribution in [3.8, 4) is 0 Å². The van der Waals surface area contributed by atoms with Gasteiger partial charge in [-0.25, -0.2) is 9.78 Å². The minimum atomic E-state index is -0.508. The third-order valence-electron chi connectivity index (χ3n) is 3.15. The molecule has 1 atom stereocenters. The van der Waals surface area contributed by atoms with E-state index in [1.165, 1.54) is 7.11 Å². The predicted octanol–water partition coefficient (Wildman–Crippen LogP) is 1.66. The van der Waals surface area contributed by atoms with E-state index in [0.717, 1.165) is 5.82 Å². The first-order chi connectivity index (χ1) is 8.97. The van der Waals surface area contributed by atoms with Gasteiger partial charge < -0.3 is 19.8 Å². The molecule has 6 nitrogen and oxygen atoms in total. The van der Waals surface area contributed by atoms with E-state index in [2.05, 4.69) is 18.8 Å². The van der Waals surface area contributed by atoms with Crippen molar-refractivity contribution in [3.63, 3.8) is 0 Å². The molecule has 1 unspecified atom stereocenters. The quantitative estimate of drug-likeness (QED) is 0.794. The van der Waals surface area contributed by atoms with Crippen LogP contribution in [0, 0.1) is 5.92 Å². The molecule has 0 radical (unpaired) electrons. The zero-order valence-corrected chi connectivity index (χ0v) is 12.3. The summed E-state index contributed by atoms with van der Waals surface area (Å²) in [5.41, 5.74) is 6.25. The fourth-order valence-electron chi connectivity index (χ4n) is 2.10. The number of hydrogen-bond donors (Lipinski definition) is 1. The number of nitrogens with zero attached hydrogens (tertiary/aromatic N) is 2. The topological polar surface area (TPSA) is 79.4 Å². The lowest BCUT2D eigenvalue weighted by Crippen LogP contribution is -2.23. The molecule has 19 heavy (non-hydrogen) atoms. The standard InChI is InChI=1S/C13H23N3O3/c1-6-10-15-11(13(17)19-5)12(14)16(10)9(7-18-4)8(2)3/h8-9H,6-7,14H2,1-5H3. The van der Waals surface area contributed by atoms with Gasteiger partial charge in [-0.05, 0) is 5.92 Å². The molecule has 0 aliphatic heterocycles. The summed E-state index contributed by atoms with van der Waals surface area (Å²) in [6, 6.07) is 0.0471. The van der Waals surface area contributed by atoms with Crippen LogP contribution in [-0.4, -0.2) is 36.3 Å². The highest BCUT2D eigenvalue weighted by Crippen LogP contribution is 2.27. The second kappa shape index (κ2) is 6.56. The molecule has 2 N–H and O–H groups in total. The molecule has 0 spiro atoms. The van der Waals surface area contributed by atoms with Crippen LogP contribution in [-0.2, 0) is 15.9 Å². The number of nitrogens with two attached hydrogens (primary N) is 1. The molecule has 0 aromatic carbocycles. The van der Waals surface area contributed by atoms with Crippen LogP contribution in [0.1, 0.15) is 43.1 Å². The molecule has 0 saturated carbocycles. The number of imidazole rings is 1. The number of esters is 1. The molecule has 0 saturated heterocycles. The lowest BCUT2D eigenvalue weighted by atomic mass is 10.0. The maximum absolute atomic E-state index is 11.7. The van der Waals surface area contributed by atoms with Gasteiger partial charge in [0.15, 0.2) is 5.69 Å². The molecular formula is C13H23N3O3. The highest BCUT2D eigenvalue weighted by atomic mass is 16.5. The number of nitrogen functional groups attached to an aromatic ring is 1. The Morgan fingerprint density at radius 2 is 2.05 bits per heavy atom. The maximum Gasteiger partial charge on any atom is 0.360 e. The van der Waals surface area contributed by atoms with Gasteiger partial charge in [-0.3, -0.25) is 0 Å². The molecule has 0 fully saturated rings. The number of rotatable bonds is 6. The van der Waals surface area contributed by atoms with Crippen molar-refractivity contribution in [2.75, 3.05) is 26.6 Å². The lowest BCUT2D eigenvalue weighted by molar-refractivity contribution is 0.0595. The molecule has 1 heterocycles. The third-order valence-corrected chi connectivity index (χ3v) is 3.15. The first-order valence-corrected chi connectivity index (χ1v) is 6.41. The summed E-state index contributed by atoms with van der Waals surface area (Å²) in [6.07, 6.45) is 0.689. The zero-order valence-electron chi connectivity index (χ0n) is 12.3. The normalized spacial score (nSPS) is 12.7. The highest BCUT2D eigenvalue weighted by Gasteiger charge is 2.26. The van der Waals surface area contributed by atoms with Crippen molar-refractivity contribution in [2.24, 2.45) is 5.92 Å². The summed E-state index contributed by atoms with van der Waals surface area (Å²) < 4.78 is 11.8. The van der Waals surface area contributed by atoms with Crippen molar-refractivity contribution in [2.45, 2.75) is 33.2 Å². The van der Waals surface area contributed by atoms with Gasteiger partial charge >= 0.3 is 5.97 Å². The summed E-state index contributed by atoms with van der Waals surface area (Å²) >= 11 is 0. The molecule has 0 bridgehead atoms. The van der Waals surface area contributed by atoms with Crippen molar-refractivity contribution in [1.82, 2.24) is 9.55 Å². The van der Waals surface area contributed by atoms with Crippen molar-refractivity contribution >= 4 is 11.8 Å². The van der Waals surface area contributed by atoms with Crippen LogP contribution in [0.3, 0.4) is 0 Å². The number of hydrogen-bond acceptors (Lipinski definition) is 5. The average molecular weight is 269 g/mol. The number of aryl methyl sites for hydroxylation is 1. The van der Waals surface area contributed by atoms with E-state index in [0.29, 0.717) is 24.8 Å². The van der Waals surface area contributed by atoms with E-state index in [-0.39, 0.29) is 11.7 Å². The molecule has 1 aromatic rings. The van der Waals surface area contributed by atoms with Crippen LogP contribution in [0.25, 0.3) is 0 Å². The van der Waals surface area contributed by atoms with Crippen LogP contribution in [0.15, 0.2) is 0 Å². The SMILES string of the molecule is CCc1nc(C(=O)OC)c(N)n1C(COC)C(C)C. The van der Waals surface area contributed by atoms with E-state index in [4.69, 9.17) is 15.2 Å². The summed E-state index contributed by atoms with van der Waals surface area (Å²) in [5.74, 6) is 0.922. The summed E-state index contributed by atoms with van der Waals surface area (Å²) in [7, 11) is 2.97. The van der Waals surface area contributed by atoms with Gasteiger partial charge in [0.2, 0.25) is 0 Å². The minimum absolute atomic E-state index is 0.0471. The van der Waals surface area contributed by atoms with E-state index in [1.54, 1.807) is 7.11 Å². The second-order valence-electron chi connectivity index (χ2n) is 4.74. The smallest absolute Gasteiger partial charge is 0.360 e. The first kappa shape index (κ1) is 15.5. The average Bonchev–Trinajstić information content (AvgIpc) is 2.71. The Balaban J connectivity index is 3.31. The number of aromatic nitrogens is 2. The van der Waals surface area contributed by atoms with Gasteiger partial charge in [-0.2, -0.15) is 0 Å². The van der Waals surface area contributed by atoms with Crippen molar-refractivity contribution in [1.29, 1.82) is 0 Å². The van der Waals surface area contributed by atoms with Crippen LogP contribution in [0.4, 0.5) is 5.82 Å². The monoisotopic (exact) mass is 269 g/mol. The van der Waals surface area contributed by atoms with Crippen LogP contribution in [0.5, 0.6) is 0 Å². The fraction of sp³-hybridized carbons (Fsp3) is 0.692. The van der Waals surface area contributed by atoms with Gasteiger partial charge in [0.05, 0.1) is 19.8 Å². The Labute approximate surface area is 113 Å². The number of ether oxygens (including phenoxy) is 2. The van der Waals surface area contributed by atoms with Gasteiger partial charge in [0, 0.05) is 13.5 Å². The number of anilines is 1. The van der Waals surface area contributed by atoms with E-state index in [1.807, 2.05) is 11.5 Å². The van der Waals surface area contributed by atoms with Gasteiger partial charge in [-0.1, -0.05) is 20.8 Å².